The second kappa shape index (κ2) is 9.23. The zero-order valence-corrected chi connectivity index (χ0v) is 17.9. The summed E-state index contributed by atoms with van der Waals surface area (Å²) in [4.78, 5) is 23.6. The van der Waals surface area contributed by atoms with Crippen LogP contribution in [0.2, 0.25) is 0 Å². The Kier molecular flexibility index (Phi) is 6.42. The van der Waals surface area contributed by atoms with Gasteiger partial charge in [0, 0.05) is 6.04 Å². The van der Waals surface area contributed by atoms with Crippen LogP contribution in [0.15, 0.2) is 54.6 Å². The lowest BCUT2D eigenvalue weighted by Crippen LogP contribution is -2.32. The van der Waals surface area contributed by atoms with Crippen molar-refractivity contribution in [3.63, 3.8) is 0 Å². The van der Waals surface area contributed by atoms with Crippen molar-refractivity contribution in [3.8, 4) is 0 Å². The summed E-state index contributed by atoms with van der Waals surface area (Å²) in [5.41, 5.74) is 7.00. The molecular formula is C26H31NO4. The molecule has 6 atom stereocenters. The number of ether oxygens (including phenoxy) is 1. The maximum Gasteiger partial charge on any atom is 0.339 e. The lowest BCUT2D eigenvalue weighted by atomic mass is 9.80. The van der Waals surface area contributed by atoms with Gasteiger partial charge in [0.05, 0.1) is 11.1 Å². The highest BCUT2D eigenvalue weighted by Gasteiger charge is 2.55. The van der Waals surface area contributed by atoms with Crippen molar-refractivity contribution >= 4 is 11.9 Å². The Morgan fingerprint density at radius 2 is 1.58 bits per heavy atom. The molecule has 2 aromatic carbocycles. The molecule has 3 saturated carbocycles. The maximum atomic E-state index is 12.4. The van der Waals surface area contributed by atoms with Crippen LogP contribution in [0.1, 0.15) is 71.3 Å². The third-order valence-corrected chi connectivity index (χ3v) is 7.33. The normalized spacial score (nSPS) is 28.9. The topological polar surface area (TPSA) is 89.6 Å². The number of benzene rings is 2. The minimum Gasteiger partial charge on any atom is -0.478 e. The van der Waals surface area contributed by atoms with Gasteiger partial charge in [0.25, 0.3) is 0 Å². The van der Waals surface area contributed by atoms with Crippen LogP contribution in [0.4, 0.5) is 0 Å². The minimum atomic E-state index is -1.09. The van der Waals surface area contributed by atoms with E-state index in [-0.39, 0.29) is 23.3 Å². The first-order valence-corrected chi connectivity index (χ1v) is 11.3. The molecule has 3 fully saturated rings. The first kappa shape index (κ1) is 21.6. The van der Waals surface area contributed by atoms with E-state index in [1.807, 2.05) is 37.3 Å². The summed E-state index contributed by atoms with van der Waals surface area (Å²) in [6.45, 7) is 1.98. The van der Waals surface area contributed by atoms with E-state index >= 15 is 0 Å². The average Bonchev–Trinajstić information content (AvgIpc) is 3.48. The van der Waals surface area contributed by atoms with Crippen LogP contribution in [0.25, 0.3) is 0 Å². The number of carboxylic acid groups (broad SMARTS) is 1. The Bertz CT molecular complexity index is 926. The minimum absolute atomic E-state index is 0.0151. The molecule has 5 heteroatoms. The molecule has 0 heterocycles. The Labute approximate surface area is 183 Å². The molecule has 2 bridgehead atoms. The molecular weight excluding hydrogens is 390 g/mol. The molecule has 3 aliphatic rings. The predicted molar refractivity (Wildman–Crippen MR) is 119 cm³/mol. The van der Waals surface area contributed by atoms with Gasteiger partial charge < -0.3 is 15.6 Å². The lowest BCUT2D eigenvalue weighted by molar-refractivity contribution is 0.00115. The smallest absolute Gasteiger partial charge is 0.339 e. The molecule has 0 aliphatic heterocycles. The Hall–Kier alpha value is -2.66. The largest absolute Gasteiger partial charge is 0.478 e. The molecule has 0 radical (unpaired) electrons. The number of hydrogen-bond donors (Lipinski definition) is 2. The average molecular weight is 422 g/mol. The highest BCUT2D eigenvalue weighted by Crippen LogP contribution is 2.59. The van der Waals surface area contributed by atoms with Gasteiger partial charge in [0.1, 0.15) is 6.10 Å². The van der Waals surface area contributed by atoms with Gasteiger partial charge in [-0.15, -0.1) is 0 Å². The second-order valence-electron chi connectivity index (χ2n) is 9.15. The van der Waals surface area contributed by atoms with Crippen LogP contribution in [-0.2, 0) is 4.74 Å². The van der Waals surface area contributed by atoms with Crippen LogP contribution in [0.3, 0.4) is 0 Å². The number of hydrogen-bond acceptors (Lipinski definition) is 4. The summed E-state index contributed by atoms with van der Waals surface area (Å²) in [6.07, 6.45) is 6.06. The van der Waals surface area contributed by atoms with E-state index in [9.17, 15) is 14.7 Å². The van der Waals surface area contributed by atoms with Crippen LogP contribution >= 0.6 is 0 Å². The van der Waals surface area contributed by atoms with E-state index in [2.05, 4.69) is 0 Å². The molecule has 5 nitrogen and oxygen atoms in total. The highest BCUT2D eigenvalue weighted by atomic mass is 16.5. The number of rotatable bonds is 4. The first-order valence-electron chi connectivity index (χ1n) is 11.3. The van der Waals surface area contributed by atoms with Crippen LogP contribution in [0.5, 0.6) is 0 Å². The van der Waals surface area contributed by atoms with Gasteiger partial charge in [0.2, 0.25) is 0 Å². The van der Waals surface area contributed by atoms with Crippen molar-refractivity contribution in [1.82, 2.24) is 0 Å². The van der Waals surface area contributed by atoms with Crippen molar-refractivity contribution < 1.29 is 19.4 Å². The lowest BCUT2D eigenvalue weighted by Gasteiger charge is -2.31. The van der Waals surface area contributed by atoms with Crippen molar-refractivity contribution in [2.45, 2.75) is 51.2 Å². The Balaban J connectivity index is 0.000000217. The van der Waals surface area contributed by atoms with Crippen molar-refractivity contribution in [2.75, 3.05) is 0 Å². The van der Waals surface area contributed by atoms with Gasteiger partial charge in [-0.05, 0) is 74.0 Å². The Morgan fingerprint density at radius 1 is 0.935 bits per heavy atom. The zero-order valence-electron chi connectivity index (χ0n) is 17.9. The summed E-state index contributed by atoms with van der Waals surface area (Å²) >= 11 is 0. The molecule has 0 spiro atoms. The first-order chi connectivity index (χ1) is 15.0. The molecule has 164 valence electrons. The number of nitrogens with two attached hydrogens (primary N) is 1. The van der Waals surface area contributed by atoms with Crippen LogP contribution in [-0.4, -0.2) is 23.1 Å². The monoisotopic (exact) mass is 421 g/mol. The SMILES string of the molecule is C[C@H](N)c1ccccc1.O=C(O)c1ccccc1C(=O)O[C@@H]1C[C@@H]2C[C@H]1[C@H]1CCC[C@@H]21. The summed E-state index contributed by atoms with van der Waals surface area (Å²) in [5.74, 6) is 1.22. The van der Waals surface area contributed by atoms with Gasteiger partial charge in [-0.25, -0.2) is 9.59 Å². The fraction of sp³-hybridized carbons (Fsp3) is 0.462. The third kappa shape index (κ3) is 4.52. The van der Waals surface area contributed by atoms with Gasteiger partial charge in [-0.1, -0.05) is 48.9 Å². The molecule has 0 amide bonds. The fourth-order valence-electron chi connectivity index (χ4n) is 5.95. The highest BCUT2D eigenvalue weighted by molar-refractivity contribution is 6.02. The molecule has 3 N–H and O–H groups in total. The van der Waals surface area contributed by atoms with E-state index < -0.39 is 11.9 Å². The van der Waals surface area contributed by atoms with Gasteiger partial charge in [-0.2, -0.15) is 0 Å². The van der Waals surface area contributed by atoms with E-state index in [0.29, 0.717) is 11.8 Å². The number of esters is 1. The summed E-state index contributed by atoms with van der Waals surface area (Å²) in [6, 6.07) is 16.5. The predicted octanol–water partition coefficient (Wildman–Crippen LogP) is 5.07. The van der Waals surface area contributed by atoms with E-state index in [1.54, 1.807) is 12.1 Å². The van der Waals surface area contributed by atoms with Gasteiger partial charge >= 0.3 is 11.9 Å². The molecule has 5 rings (SSSR count). The van der Waals surface area contributed by atoms with Crippen molar-refractivity contribution in [2.24, 2.45) is 29.4 Å². The zero-order chi connectivity index (χ0) is 22.0. The number of carbonyl (C=O) groups is 2. The van der Waals surface area contributed by atoms with E-state index in [1.165, 1.54) is 43.4 Å². The number of carbonyl (C=O) groups excluding carboxylic acids is 1. The van der Waals surface area contributed by atoms with Gasteiger partial charge in [0.15, 0.2) is 0 Å². The second-order valence-corrected chi connectivity index (χ2v) is 9.15. The van der Waals surface area contributed by atoms with Crippen LogP contribution < -0.4 is 5.73 Å². The van der Waals surface area contributed by atoms with Crippen molar-refractivity contribution in [1.29, 1.82) is 0 Å². The Morgan fingerprint density at radius 3 is 2.23 bits per heavy atom. The molecule has 0 unspecified atom stereocenters. The number of fused-ring (bicyclic) bond motifs is 5. The van der Waals surface area contributed by atoms with E-state index in [4.69, 9.17) is 10.5 Å². The molecule has 31 heavy (non-hydrogen) atoms. The van der Waals surface area contributed by atoms with Crippen LogP contribution in [0, 0.1) is 23.7 Å². The fourth-order valence-corrected chi connectivity index (χ4v) is 5.95. The molecule has 0 saturated heterocycles. The molecule has 3 aliphatic carbocycles. The van der Waals surface area contributed by atoms with Crippen molar-refractivity contribution in [3.05, 3.63) is 71.3 Å². The summed E-state index contributed by atoms with van der Waals surface area (Å²) in [5, 5.41) is 9.20. The quantitative estimate of drug-likeness (QED) is 0.673. The maximum absolute atomic E-state index is 12.4. The standard InChI is InChI=1S/C18H20O4.C8H11N/c19-17(20)13-4-1-2-5-14(13)18(21)22-16-9-10-8-15(16)12-7-3-6-11(10)12;1-7(9)8-5-3-2-4-6-8/h1-2,4-5,10-12,15-16H,3,6-9H2,(H,19,20);2-7H,9H2,1H3/t10-,11-,12-,15-,16+;7-/m00/s1. The third-order valence-electron chi connectivity index (χ3n) is 7.33. The van der Waals surface area contributed by atoms with Gasteiger partial charge in [-0.3, -0.25) is 0 Å². The molecule has 0 aromatic heterocycles. The number of aromatic carboxylic acids is 1. The number of carboxylic acids is 1. The summed E-state index contributed by atoms with van der Waals surface area (Å²) in [7, 11) is 0. The van der Waals surface area contributed by atoms with E-state index in [0.717, 1.165) is 18.3 Å². The molecule has 2 aromatic rings. The summed E-state index contributed by atoms with van der Waals surface area (Å²) < 4.78 is 5.73.